The van der Waals surface area contributed by atoms with E-state index in [4.69, 9.17) is 0 Å². The average molecular weight is 422 g/mol. The zero-order valence-corrected chi connectivity index (χ0v) is 20.1. The minimum absolute atomic E-state index is 0.331. The van der Waals surface area contributed by atoms with Crippen molar-refractivity contribution in [2.45, 2.75) is 115 Å². The molecule has 0 saturated heterocycles. The standard InChI is InChI=1S/C30H45O/c1-3-4-5-6-7-8-9-10-11-14-23-29(28-21-17-13-18-22-28)25-30(31)24-26(2)27-19-15-12-16-20-27/h12-13,15-22,26,29-30H,3-11,14,23-25H2,1-2H3. The number of hydrogen-bond acceptors (Lipinski definition) is 0. The molecule has 0 amide bonds. The lowest BCUT2D eigenvalue weighted by atomic mass is 9.85. The van der Waals surface area contributed by atoms with Gasteiger partial charge in [-0.2, -0.15) is 0 Å². The number of rotatable bonds is 17. The fourth-order valence-electron chi connectivity index (χ4n) is 4.75. The number of unbranched alkanes of at least 4 members (excludes halogenated alkanes) is 9. The maximum atomic E-state index is 13.0. The van der Waals surface area contributed by atoms with Gasteiger partial charge in [0.25, 0.3) is 0 Å². The van der Waals surface area contributed by atoms with Crippen LogP contribution >= 0.6 is 0 Å². The Morgan fingerprint density at radius 1 is 0.613 bits per heavy atom. The van der Waals surface area contributed by atoms with Gasteiger partial charge < -0.3 is 0 Å². The first-order valence-corrected chi connectivity index (χ1v) is 13.0. The fourth-order valence-corrected chi connectivity index (χ4v) is 4.75. The van der Waals surface area contributed by atoms with Crippen LogP contribution in [0, 0.1) is 0 Å². The van der Waals surface area contributed by atoms with Gasteiger partial charge >= 0.3 is 0 Å². The highest BCUT2D eigenvalue weighted by atomic mass is 16.3. The van der Waals surface area contributed by atoms with Gasteiger partial charge in [-0.25, -0.2) is 5.11 Å². The molecule has 2 aromatic rings. The van der Waals surface area contributed by atoms with Crippen molar-refractivity contribution < 1.29 is 5.11 Å². The van der Waals surface area contributed by atoms with E-state index in [2.05, 4.69) is 68.4 Å². The van der Waals surface area contributed by atoms with Crippen LogP contribution in [-0.2, 0) is 5.11 Å². The molecule has 0 aliphatic carbocycles. The van der Waals surface area contributed by atoms with Gasteiger partial charge in [0, 0.05) is 0 Å². The minimum atomic E-state index is -0.497. The summed E-state index contributed by atoms with van der Waals surface area (Å²) in [6.45, 7) is 4.47. The van der Waals surface area contributed by atoms with E-state index in [0.29, 0.717) is 11.8 Å². The van der Waals surface area contributed by atoms with E-state index in [1.807, 2.05) is 6.07 Å². The molecule has 0 aliphatic rings. The summed E-state index contributed by atoms with van der Waals surface area (Å²) >= 11 is 0. The van der Waals surface area contributed by atoms with E-state index in [1.54, 1.807) is 0 Å². The second-order valence-electron chi connectivity index (χ2n) is 9.48. The molecule has 3 atom stereocenters. The molecule has 0 aliphatic heterocycles. The molecular weight excluding hydrogens is 376 g/mol. The van der Waals surface area contributed by atoms with Gasteiger partial charge in [-0.05, 0) is 42.2 Å². The third kappa shape index (κ3) is 11.0. The highest BCUT2D eigenvalue weighted by Crippen LogP contribution is 2.31. The molecule has 3 unspecified atom stereocenters. The lowest BCUT2D eigenvalue weighted by molar-refractivity contribution is 0.0611. The van der Waals surface area contributed by atoms with Crippen molar-refractivity contribution in [3.8, 4) is 0 Å². The predicted molar refractivity (Wildman–Crippen MR) is 134 cm³/mol. The smallest absolute Gasteiger partial charge is 0.0941 e. The molecule has 171 valence electrons. The van der Waals surface area contributed by atoms with Crippen LogP contribution in [0.1, 0.15) is 120 Å². The van der Waals surface area contributed by atoms with Gasteiger partial charge in [0.15, 0.2) is 0 Å². The third-order valence-electron chi connectivity index (χ3n) is 6.71. The molecule has 1 heteroatoms. The van der Waals surface area contributed by atoms with Crippen molar-refractivity contribution in [1.29, 1.82) is 0 Å². The van der Waals surface area contributed by atoms with Crippen molar-refractivity contribution in [3.05, 3.63) is 71.8 Å². The van der Waals surface area contributed by atoms with Crippen molar-refractivity contribution in [2.24, 2.45) is 0 Å². The highest BCUT2D eigenvalue weighted by Gasteiger charge is 2.20. The topological polar surface area (TPSA) is 19.9 Å². The van der Waals surface area contributed by atoms with Crippen LogP contribution in [-0.4, -0.2) is 6.10 Å². The van der Waals surface area contributed by atoms with Gasteiger partial charge in [0.1, 0.15) is 0 Å². The Hall–Kier alpha value is -1.60. The van der Waals surface area contributed by atoms with Gasteiger partial charge in [0.2, 0.25) is 0 Å². The van der Waals surface area contributed by atoms with Crippen LogP contribution in [0.3, 0.4) is 0 Å². The monoisotopic (exact) mass is 421 g/mol. The number of benzene rings is 2. The zero-order valence-electron chi connectivity index (χ0n) is 20.1. The quantitative estimate of drug-likeness (QED) is 0.227. The Kier molecular flexibility index (Phi) is 13.3. The summed E-state index contributed by atoms with van der Waals surface area (Å²) in [6.07, 6.45) is 15.8. The molecule has 0 bridgehead atoms. The molecule has 0 saturated carbocycles. The Morgan fingerprint density at radius 2 is 1.10 bits per heavy atom. The zero-order chi connectivity index (χ0) is 22.2. The van der Waals surface area contributed by atoms with Crippen molar-refractivity contribution in [1.82, 2.24) is 0 Å². The molecule has 2 rings (SSSR count). The van der Waals surface area contributed by atoms with E-state index >= 15 is 0 Å². The Bertz CT molecular complexity index is 651. The summed E-state index contributed by atoms with van der Waals surface area (Å²) in [5.74, 6) is 0.734. The van der Waals surface area contributed by atoms with Gasteiger partial charge in [-0.1, -0.05) is 139 Å². The third-order valence-corrected chi connectivity index (χ3v) is 6.71. The average Bonchev–Trinajstić information content (AvgIpc) is 2.80. The van der Waals surface area contributed by atoms with Crippen molar-refractivity contribution >= 4 is 0 Å². The molecule has 2 aromatic carbocycles. The van der Waals surface area contributed by atoms with Gasteiger partial charge in [0.05, 0.1) is 6.10 Å². The molecule has 1 radical (unpaired) electrons. The van der Waals surface area contributed by atoms with E-state index in [-0.39, 0.29) is 0 Å². The maximum Gasteiger partial charge on any atom is 0.0941 e. The van der Waals surface area contributed by atoms with Crippen LogP contribution in [0.5, 0.6) is 0 Å². The van der Waals surface area contributed by atoms with E-state index in [0.717, 1.165) is 19.3 Å². The van der Waals surface area contributed by atoms with E-state index in [9.17, 15) is 5.11 Å². The largest absolute Gasteiger partial charge is 0.233 e. The molecule has 0 heterocycles. The molecule has 0 fully saturated rings. The summed E-state index contributed by atoms with van der Waals surface area (Å²) in [5.41, 5.74) is 2.64. The highest BCUT2D eigenvalue weighted by molar-refractivity contribution is 5.21. The van der Waals surface area contributed by atoms with Crippen LogP contribution in [0.2, 0.25) is 0 Å². The second-order valence-corrected chi connectivity index (χ2v) is 9.48. The minimum Gasteiger partial charge on any atom is -0.233 e. The van der Waals surface area contributed by atoms with E-state index < -0.39 is 6.10 Å². The lowest BCUT2D eigenvalue weighted by Gasteiger charge is -2.22. The Balaban J connectivity index is 1.73. The SMILES string of the molecule is CCCCCCCCCCCCC(CC([O])CC(C)c1ccccc1)c1ccccc1. The van der Waals surface area contributed by atoms with Crippen LogP contribution in [0.15, 0.2) is 60.7 Å². The van der Waals surface area contributed by atoms with Gasteiger partial charge in [-0.3, -0.25) is 0 Å². The summed E-state index contributed by atoms with van der Waals surface area (Å²) in [7, 11) is 0. The second kappa shape index (κ2) is 16.1. The summed E-state index contributed by atoms with van der Waals surface area (Å²) in [6, 6.07) is 21.2. The first-order chi connectivity index (χ1) is 15.2. The molecule has 0 aromatic heterocycles. The van der Waals surface area contributed by atoms with Crippen LogP contribution in [0.25, 0.3) is 0 Å². The fraction of sp³-hybridized carbons (Fsp3) is 0.600. The normalized spacial score (nSPS) is 14.3. The molecular formula is C30H45O. The lowest BCUT2D eigenvalue weighted by Crippen LogP contribution is -2.14. The Morgan fingerprint density at radius 3 is 1.65 bits per heavy atom. The number of hydrogen-bond donors (Lipinski definition) is 0. The molecule has 0 N–H and O–H groups in total. The predicted octanol–water partition coefficient (Wildman–Crippen LogP) is 9.46. The molecule has 1 nitrogen and oxygen atoms in total. The molecule has 31 heavy (non-hydrogen) atoms. The van der Waals surface area contributed by atoms with E-state index in [1.165, 1.54) is 75.3 Å². The summed E-state index contributed by atoms with van der Waals surface area (Å²) in [5, 5.41) is 13.0. The summed E-state index contributed by atoms with van der Waals surface area (Å²) in [4.78, 5) is 0. The van der Waals surface area contributed by atoms with Crippen molar-refractivity contribution in [3.63, 3.8) is 0 Å². The maximum absolute atomic E-state index is 13.0. The first kappa shape index (κ1) is 25.7. The van der Waals surface area contributed by atoms with Crippen LogP contribution in [0.4, 0.5) is 0 Å². The Labute approximate surface area is 192 Å². The summed E-state index contributed by atoms with van der Waals surface area (Å²) < 4.78 is 0. The van der Waals surface area contributed by atoms with Crippen molar-refractivity contribution in [2.75, 3.05) is 0 Å². The van der Waals surface area contributed by atoms with Crippen LogP contribution < -0.4 is 0 Å². The first-order valence-electron chi connectivity index (χ1n) is 13.0. The molecule has 0 spiro atoms. The van der Waals surface area contributed by atoms with Gasteiger partial charge in [-0.15, -0.1) is 0 Å².